The highest BCUT2D eigenvalue weighted by molar-refractivity contribution is 6.05. The molecule has 6 saturated heterocycles. The summed E-state index contributed by atoms with van der Waals surface area (Å²) in [6, 6.07) is 13.8. The monoisotopic (exact) mass is 1550 g/mol. The summed E-state index contributed by atoms with van der Waals surface area (Å²) in [6.07, 6.45) is -12.5. The van der Waals surface area contributed by atoms with Gasteiger partial charge in [-0.15, -0.1) is 0 Å². The number of hydrogen-bond donors (Lipinski definition) is 9. The van der Waals surface area contributed by atoms with E-state index in [-0.39, 0.29) is 168 Å². The minimum atomic E-state index is -1.67. The summed E-state index contributed by atoms with van der Waals surface area (Å²) in [5, 5.41) is 67.5. The zero-order valence-electron chi connectivity index (χ0n) is 61.8. The summed E-state index contributed by atoms with van der Waals surface area (Å²) in [4.78, 5) is 92.7. The number of nitrogens with one attached hydrogen (secondary N) is 2. The van der Waals surface area contributed by atoms with Gasteiger partial charge in [0.1, 0.15) is 67.1 Å². The Hall–Kier alpha value is -8.50. The van der Waals surface area contributed by atoms with E-state index < -0.39 is 104 Å². The molecule has 602 valence electrons. The summed E-state index contributed by atoms with van der Waals surface area (Å²) in [5.74, 6) is 3.94. The van der Waals surface area contributed by atoms with Gasteiger partial charge in [0.15, 0.2) is 35.6 Å². The van der Waals surface area contributed by atoms with Gasteiger partial charge in [0.2, 0.25) is 12.6 Å². The Morgan fingerprint density at radius 3 is 1.44 bits per heavy atom. The molecule has 34 nitrogen and oxygen atoms in total. The van der Waals surface area contributed by atoms with Gasteiger partial charge >= 0.3 is 12.2 Å². The topological polar surface area (TPSA) is 437 Å². The fourth-order valence-corrected chi connectivity index (χ4v) is 13.1. The molecule has 4 amide bonds. The van der Waals surface area contributed by atoms with Gasteiger partial charge in [0, 0.05) is 58.4 Å². The zero-order valence-corrected chi connectivity index (χ0v) is 61.8. The van der Waals surface area contributed by atoms with Gasteiger partial charge in [-0.2, -0.15) is 0 Å². The molecular weight excluding hydrogens is 1450 g/mol. The molecule has 10 rings (SSSR count). The molecule has 10 N–H and O–H groups in total. The lowest BCUT2D eigenvalue weighted by atomic mass is 10.0. The second-order valence-corrected chi connectivity index (χ2v) is 27.0. The van der Waals surface area contributed by atoms with Gasteiger partial charge in [-0.05, 0) is 105 Å². The van der Waals surface area contributed by atoms with Gasteiger partial charge in [0.05, 0.1) is 132 Å². The summed E-state index contributed by atoms with van der Waals surface area (Å²) >= 11 is 0. The van der Waals surface area contributed by atoms with Crippen LogP contribution in [0, 0.1) is 6.92 Å². The Bertz CT molecular complexity index is 3810. The molecule has 4 aromatic carbocycles. The van der Waals surface area contributed by atoms with Crippen molar-refractivity contribution in [2.45, 2.75) is 152 Å². The quantitative estimate of drug-likeness (QED) is 0.0128. The summed E-state index contributed by atoms with van der Waals surface area (Å²) in [6.45, 7) is 12.1. The van der Waals surface area contributed by atoms with Crippen molar-refractivity contribution >= 4 is 46.9 Å². The van der Waals surface area contributed by atoms with Crippen LogP contribution in [0.4, 0.5) is 21.0 Å². The van der Waals surface area contributed by atoms with Crippen LogP contribution in [0.3, 0.4) is 0 Å². The van der Waals surface area contributed by atoms with Gasteiger partial charge in [-0.3, -0.25) is 29.8 Å². The molecule has 4 aromatic rings. The van der Waals surface area contributed by atoms with Gasteiger partial charge < -0.3 is 121 Å². The van der Waals surface area contributed by atoms with Gasteiger partial charge in [0.25, 0.3) is 11.8 Å². The number of rotatable bonds is 39. The third kappa shape index (κ3) is 22.4. The van der Waals surface area contributed by atoms with Crippen LogP contribution in [0.2, 0.25) is 0 Å². The molecule has 0 saturated carbocycles. The van der Waals surface area contributed by atoms with E-state index in [2.05, 4.69) is 28.6 Å². The molecular formula is C76H99N5O29. The predicted octanol–water partition coefficient (Wildman–Crippen LogP) is 4.55. The fraction of sp³-hybridized carbons (Fsp3) is 0.553. The van der Waals surface area contributed by atoms with Crippen LogP contribution < -0.4 is 40.2 Å². The van der Waals surface area contributed by atoms with Crippen molar-refractivity contribution < 1.29 is 140 Å². The molecule has 110 heavy (non-hydrogen) atoms. The normalized spacial score (nSPS) is 23.0. The van der Waals surface area contributed by atoms with E-state index in [0.29, 0.717) is 93.8 Å². The number of nitrogens with zero attached hydrogens (tertiary/aromatic N) is 2. The lowest BCUT2D eigenvalue weighted by Crippen LogP contribution is -2.54. The van der Waals surface area contributed by atoms with Crippen molar-refractivity contribution in [1.82, 2.24) is 9.80 Å². The smallest absolute Gasteiger partial charge is 0.411 e. The number of nitrogens with two attached hydrogens (primary N) is 1. The first-order valence-corrected chi connectivity index (χ1v) is 36.5. The number of unbranched alkanes of at least 4 members (excludes halogenated alkanes) is 2. The standard InChI is InChI=1S/C76H99N5O29/c1-43-29-54(71-100-24-25-101-71)80(37-43)69(90)48-31-45(3)62(35-52(48)78-75(92)106-39-47-14-16-61(110-74-68(89)66(87)59(85)42-105-74)51(33-47)57(83)12-10-18-96-21-22-97-23-28-108-77)98-19-7-6-8-20-99-64-36-53(49(34-63(64)95-5)70(91)81-38-44(2)30-55(81)72-102-26-27-103-72)79-76(93)107-40-46-13-15-60(50(32-46)56(82)11-9-17-94-4)109-73-67(88)65(86)58(84)41-104-73/h13-16,31-36,54-55,58-59,65-68,71-74,84-89H,1-2,6-12,17-30,37-42,77H2,3-5H3,(H,78,92)(H,79,93)/t54-,55-,58+,59+,65-,66-,67+,68+,73-,74-/m0/s1. The molecule has 6 fully saturated rings. The number of carbonyl (C=O) groups is 6. The molecule has 10 atom stereocenters. The molecule has 0 aliphatic carbocycles. The van der Waals surface area contributed by atoms with Crippen LogP contribution >= 0.6 is 0 Å². The van der Waals surface area contributed by atoms with E-state index in [1.165, 1.54) is 68.8 Å². The predicted molar refractivity (Wildman–Crippen MR) is 386 cm³/mol. The summed E-state index contributed by atoms with van der Waals surface area (Å²) < 4.78 is 92.1. The van der Waals surface area contributed by atoms with Gasteiger partial charge in [-0.25, -0.2) is 15.5 Å². The third-order valence-corrected chi connectivity index (χ3v) is 18.9. The lowest BCUT2D eigenvalue weighted by Gasteiger charge is -2.35. The lowest BCUT2D eigenvalue weighted by molar-refractivity contribution is -0.242. The number of aryl methyl sites for hydroxylation is 1. The van der Waals surface area contributed by atoms with Crippen LogP contribution in [0.1, 0.15) is 116 Å². The summed E-state index contributed by atoms with van der Waals surface area (Å²) in [7, 11) is 2.90. The average molecular weight is 1550 g/mol. The molecule has 34 heteroatoms. The first-order valence-electron chi connectivity index (χ1n) is 36.5. The number of carbonyl (C=O) groups excluding carboxylic acids is 6. The van der Waals surface area contributed by atoms with Crippen LogP contribution in [0.25, 0.3) is 0 Å². The van der Waals surface area contributed by atoms with Gasteiger partial charge in [-0.1, -0.05) is 36.4 Å². The Morgan fingerprint density at radius 1 is 0.500 bits per heavy atom. The van der Waals surface area contributed by atoms with E-state index in [1.54, 1.807) is 22.8 Å². The Balaban J connectivity index is 0.806. The first-order chi connectivity index (χ1) is 53.1. The molecule has 6 heterocycles. The maximum absolute atomic E-state index is 14.8. The molecule has 0 bridgehead atoms. The van der Waals surface area contributed by atoms with Crippen LogP contribution in [-0.4, -0.2) is 270 Å². The average Bonchev–Trinajstić information content (AvgIpc) is 1.51. The Morgan fingerprint density at radius 2 is 0.955 bits per heavy atom. The maximum atomic E-state index is 14.8. The molecule has 6 aliphatic heterocycles. The molecule has 6 aliphatic rings. The second-order valence-electron chi connectivity index (χ2n) is 27.0. The SMILES string of the molecule is C=C1C[C@@H](C2OCCO2)N(C(=O)c2cc(C)c(OCCCCCOc3cc(NC(=O)OCc4ccc(O[C@@H]5OC[C@@H](O)[C@H](O)[C@H]5O)c(C(=O)CCCOC)c4)c(C(=O)N4CC(=C)C[C@H]4C4OCCO4)cc3OC)cc2NC(=O)OCc2ccc(O[C@@H]3OC[C@@H](O)[C@H](O)[C@H]3O)c(C(=O)CCCOCCOCCON)c2)C1. The number of benzene rings is 4. The second kappa shape index (κ2) is 41.1. The van der Waals surface area contributed by atoms with Crippen LogP contribution in [-0.2, 0) is 70.2 Å². The highest BCUT2D eigenvalue weighted by atomic mass is 16.7. The maximum Gasteiger partial charge on any atom is 0.411 e. The number of methoxy groups -OCH3 is 2. The van der Waals surface area contributed by atoms with E-state index in [4.69, 9.17) is 81.7 Å². The largest absolute Gasteiger partial charge is 0.493 e. The number of aliphatic hydroxyl groups excluding tert-OH is 6. The van der Waals surface area contributed by atoms with Crippen molar-refractivity contribution in [2.24, 2.45) is 5.90 Å². The number of Topliss-reactive ketones (excluding diaryl/α,β-unsaturated/α-hetero) is 2. The number of amides is 4. The van der Waals surface area contributed by atoms with E-state index >= 15 is 0 Å². The van der Waals surface area contributed by atoms with E-state index in [0.717, 1.165) is 11.1 Å². The number of aliphatic hydroxyl groups is 6. The van der Waals surface area contributed by atoms with E-state index in [1.807, 2.05) is 0 Å². The van der Waals surface area contributed by atoms with Crippen molar-refractivity contribution in [3.05, 3.63) is 124 Å². The summed E-state index contributed by atoms with van der Waals surface area (Å²) in [5.41, 5.74) is 3.05. The zero-order chi connectivity index (χ0) is 78.4. The molecule has 0 unspecified atom stereocenters. The number of hydrogen-bond acceptors (Lipinski definition) is 30. The van der Waals surface area contributed by atoms with Crippen LogP contribution in [0.15, 0.2) is 85.0 Å². The number of anilines is 2. The van der Waals surface area contributed by atoms with Crippen molar-refractivity contribution in [1.29, 1.82) is 0 Å². The first kappa shape index (κ1) is 84.0. The van der Waals surface area contributed by atoms with Crippen molar-refractivity contribution in [3.63, 3.8) is 0 Å². The minimum absolute atomic E-state index is 0.000302. The Labute approximate surface area is 635 Å². The number of ketones is 2. The van der Waals surface area contributed by atoms with Crippen LogP contribution in [0.5, 0.6) is 28.7 Å². The number of likely N-dealkylation sites (tertiary alicyclic amines) is 2. The fourth-order valence-electron chi connectivity index (χ4n) is 13.1. The Kier molecular flexibility index (Phi) is 31.4. The third-order valence-electron chi connectivity index (χ3n) is 18.9. The molecule has 0 aromatic heterocycles. The van der Waals surface area contributed by atoms with E-state index in [9.17, 15) is 59.4 Å². The minimum Gasteiger partial charge on any atom is -0.493 e. The highest BCUT2D eigenvalue weighted by Gasteiger charge is 2.44. The van der Waals surface area contributed by atoms with Crippen molar-refractivity contribution in [2.75, 3.05) is 130 Å². The van der Waals surface area contributed by atoms with Crippen molar-refractivity contribution in [3.8, 4) is 28.7 Å². The number of ether oxygens (including phenoxy) is 16. The molecule has 0 radical (unpaired) electrons. The molecule has 0 spiro atoms. The highest BCUT2D eigenvalue weighted by Crippen LogP contribution is 2.39.